The quantitative estimate of drug-likeness (QED) is 0.0948. The molecule has 2 aromatic heterocycles. The van der Waals surface area contributed by atoms with Gasteiger partial charge in [-0.1, -0.05) is 90.9 Å². The lowest BCUT2D eigenvalue weighted by Crippen LogP contribution is -2.51. The molecular formula is C52H67N9O6. The zero-order chi connectivity index (χ0) is 47.9. The van der Waals surface area contributed by atoms with Crippen molar-refractivity contribution in [3.8, 4) is 11.3 Å². The number of benzene rings is 3. The first-order valence-corrected chi connectivity index (χ1v) is 23.9. The third kappa shape index (κ3) is 9.46. The molecule has 15 heteroatoms. The van der Waals surface area contributed by atoms with Gasteiger partial charge < -0.3 is 39.8 Å². The highest BCUT2D eigenvalue weighted by Gasteiger charge is 2.41. The Labute approximate surface area is 393 Å². The molecule has 0 bridgehead atoms. The minimum atomic E-state index is -1.12. The van der Waals surface area contributed by atoms with Crippen LogP contribution in [0.4, 0.5) is 15.3 Å². The molecule has 4 amide bonds. The van der Waals surface area contributed by atoms with Crippen molar-refractivity contribution in [3.63, 3.8) is 0 Å². The summed E-state index contributed by atoms with van der Waals surface area (Å²) < 4.78 is 4.83. The average Bonchev–Trinajstić information content (AvgIpc) is 4.16. The van der Waals surface area contributed by atoms with E-state index in [9.17, 15) is 24.3 Å². The number of methoxy groups -OCH3 is 1. The molecule has 0 radical (unpaired) electrons. The minimum absolute atomic E-state index is 0.0142. The van der Waals surface area contributed by atoms with Crippen molar-refractivity contribution in [2.24, 2.45) is 11.8 Å². The second-order valence-electron chi connectivity index (χ2n) is 20.3. The lowest BCUT2D eigenvalue weighted by Gasteiger charge is -2.34. The molecule has 5 heterocycles. The van der Waals surface area contributed by atoms with Crippen LogP contribution in [0.15, 0.2) is 72.9 Å². The summed E-state index contributed by atoms with van der Waals surface area (Å²) in [6, 6.07) is 22.4. The van der Waals surface area contributed by atoms with E-state index in [1.807, 2.05) is 38.8 Å². The number of hydrogen-bond acceptors (Lipinski definition) is 8. The van der Waals surface area contributed by atoms with Crippen molar-refractivity contribution in [3.05, 3.63) is 101 Å². The molecule has 67 heavy (non-hydrogen) atoms. The second-order valence-corrected chi connectivity index (χ2v) is 20.3. The first kappa shape index (κ1) is 47.1. The molecule has 8 rings (SSSR count). The van der Waals surface area contributed by atoms with Crippen LogP contribution in [0.5, 0.6) is 0 Å². The fourth-order valence-electron chi connectivity index (χ4n) is 10.6. The number of nitrogens with zero attached hydrogens (tertiary/aromatic N) is 6. The van der Waals surface area contributed by atoms with Crippen LogP contribution >= 0.6 is 0 Å². The van der Waals surface area contributed by atoms with Gasteiger partial charge in [-0.25, -0.2) is 19.6 Å². The van der Waals surface area contributed by atoms with Gasteiger partial charge in [-0.05, 0) is 102 Å². The number of hydrogen-bond donors (Lipinski definition) is 4. The van der Waals surface area contributed by atoms with Gasteiger partial charge >= 0.3 is 12.2 Å². The lowest BCUT2D eigenvalue weighted by molar-refractivity contribution is -0.138. The highest BCUT2D eigenvalue weighted by Crippen LogP contribution is 2.48. The number of likely N-dealkylation sites (N-methyl/N-ethyl adjacent to an activating group) is 1. The number of aromatic nitrogens is 4. The molecule has 3 saturated heterocycles. The Morgan fingerprint density at radius 2 is 1.39 bits per heavy atom. The first-order chi connectivity index (χ1) is 31.9. The number of aromatic amines is 2. The van der Waals surface area contributed by atoms with Crippen LogP contribution in [0.1, 0.15) is 139 Å². The van der Waals surface area contributed by atoms with Crippen molar-refractivity contribution >= 4 is 40.7 Å². The molecule has 4 N–H and O–H groups in total. The molecular weight excluding hydrogens is 847 g/mol. The largest absolute Gasteiger partial charge is 0.465 e. The van der Waals surface area contributed by atoms with E-state index in [2.05, 4.69) is 108 Å². The Morgan fingerprint density at radius 1 is 0.776 bits per heavy atom. The number of fused-ring (bicyclic) bond motifs is 1. The Morgan fingerprint density at radius 3 is 1.99 bits per heavy atom. The normalized spacial score (nSPS) is 20.8. The van der Waals surface area contributed by atoms with E-state index in [-0.39, 0.29) is 53.2 Å². The maximum absolute atomic E-state index is 13.9. The smallest absolute Gasteiger partial charge is 0.407 e. The summed E-state index contributed by atoms with van der Waals surface area (Å²) in [7, 11) is 2.76. The van der Waals surface area contributed by atoms with Gasteiger partial charge in [-0.3, -0.25) is 14.5 Å². The third-order valence-corrected chi connectivity index (χ3v) is 14.2. The van der Waals surface area contributed by atoms with E-state index >= 15 is 0 Å². The van der Waals surface area contributed by atoms with Gasteiger partial charge in [0.2, 0.25) is 11.8 Å². The number of H-pyrrole nitrogens is 2. The summed E-state index contributed by atoms with van der Waals surface area (Å²) in [5.74, 6) is 0.827. The Hall–Kier alpha value is -6.38. The van der Waals surface area contributed by atoms with Gasteiger partial charge in [0.25, 0.3) is 0 Å². The monoisotopic (exact) mass is 914 g/mol. The fourth-order valence-corrected chi connectivity index (χ4v) is 10.6. The van der Waals surface area contributed by atoms with Gasteiger partial charge in [0.05, 0.1) is 54.2 Å². The zero-order valence-corrected chi connectivity index (χ0v) is 40.4. The summed E-state index contributed by atoms with van der Waals surface area (Å²) in [6.45, 7) is 15.4. The maximum atomic E-state index is 13.9. The van der Waals surface area contributed by atoms with Crippen LogP contribution in [-0.2, 0) is 19.7 Å². The van der Waals surface area contributed by atoms with Crippen LogP contribution in [0.25, 0.3) is 22.3 Å². The minimum Gasteiger partial charge on any atom is -0.465 e. The van der Waals surface area contributed by atoms with Crippen molar-refractivity contribution in [1.29, 1.82) is 0 Å². The number of likely N-dealkylation sites (tertiary alicyclic amines) is 2. The number of alkyl carbamates (subject to hydrolysis) is 1. The Kier molecular flexibility index (Phi) is 13.4. The summed E-state index contributed by atoms with van der Waals surface area (Å²) in [5.41, 5.74) is 8.44. The molecule has 0 saturated carbocycles. The number of carbonyl (C=O) groups is 4. The number of carbonyl (C=O) groups excluding carboxylic acids is 3. The Bertz CT molecular complexity index is 2580. The number of rotatable bonds is 12. The number of imidazole rings is 2. The van der Waals surface area contributed by atoms with Crippen LogP contribution in [0.3, 0.4) is 0 Å². The molecule has 3 fully saturated rings. The molecule has 3 aliphatic heterocycles. The fraction of sp³-hybridized carbons (Fsp3) is 0.500. The summed E-state index contributed by atoms with van der Waals surface area (Å²) in [4.78, 5) is 75.9. The molecule has 356 valence electrons. The first-order valence-electron chi connectivity index (χ1n) is 23.9. The van der Waals surface area contributed by atoms with Crippen LogP contribution in [0, 0.1) is 11.8 Å². The van der Waals surface area contributed by atoms with Gasteiger partial charge in [-0.15, -0.1) is 0 Å². The van der Waals surface area contributed by atoms with Gasteiger partial charge in [-0.2, -0.15) is 0 Å². The lowest BCUT2D eigenvalue weighted by atomic mass is 9.87. The maximum Gasteiger partial charge on any atom is 0.407 e. The highest BCUT2D eigenvalue weighted by atomic mass is 16.5. The third-order valence-electron chi connectivity index (χ3n) is 14.2. The number of carboxylic acid groups (broad SMARTS) is 1. The topological polar surface area (TPSA) is 180 Å². The average molecular weight is 914 g/mol. The molecule has 3 aliphatic rings. The molecule has 0 unspecified atom stereocenters. The van der Waals surface area contributed by atoms with Gasteiger partial charge in [0.1, 0.15) is 23.7 Å². The van der Waals surface area contributed by atoms with E-state index < -0.39 is 24.3 Å². The van der Waals surface area contributed by atoms with E-state index in [1.54, 1.807) is 4.90 Å². The predicted octanol–water partition coefficient (Wildman–Crippen LogP) is 9.68. The summed E-state index contributed by atoms with van der Waals surface area (Å²) >= 11 is 0. The number of amides is 4. The SMILES string of the molecule is COC(=O)N[C@H](C(=O)N1CCC[C@H]1c1nc2ccc([C@H]3CC[C@H](c4ccc(-c5cnc([C@@H]6CCCN6C(=O)[C@H](C(C)C)N(C)C(=O)O)[nH]5)cc4)N3c3ccc(C(C)(C)C)cc3)cc2[nH]1)C(C)C. The summed E-state index contributed by atoms with van der Waals surface area (Å²) in [5, 5.41) is 12.5. The van der Waals surface area contributed by atoms with E-state index in [4.69, 9.17) is 14.7 Å². The number of ether oxygens (including phenoxy) is 1. The Balaban J connectivity index is 1.05. The van der Waals surface area contributed by atoms with E-state index in [1.165, 1.54) is 30.8 Å². The van der Waals surface area contributed by atoms with Crippen LogP contribution < -0.4 is 10.2 Å². The highest BCUT2D eigenvalue weighted by molar-refractivity contribution is 5.87. The van der Waals surface area contributed by atoms with Crippen LogP contribution in [0.2, 0.25) is 0 Å². The molecule has 5 aromatic rings. The van der Waals surface area contributed by atoms with Crippen molar-refractivity contribution in [2.45, 2.75) is 129 Å². The van der Waals surface area contributed by atoms with Crippen molar-refractivity contribution < 1.29 is 29.0 Å². The molecule has 6 atom stereocenters. The van der Waals surface area contributed by atoms with Crippen molar-refractivity contribution in [1.82, 2.24) is 40.0 Å². The van der Waals surface area contributed by atoms with E-state index in [0.29, 0.717) is 18.9 Å². The molecule has 0 aliphatic carbocycles. The standard InChI is InChI=1S/C52H67N9O6/c1-30(2)44(57-50(64)67-9)48(62)59-26-11-13-43(59)47-54-37-23-18-34(28-38(37)55-47)41-25-24-40(61(41)36-21-19-35(20-22-36)52(5,6)7)33-16-14-32(15-17-33)39-29-53-46(56-39)42-12-10-27-60(42)49(63)45(31(3)4)58(8)51(65)66/h14-23,28-31,40-45H,10-13,24-27H2,1-9H3,(H,53,56)(H,54,55)(H,57,64)(H,65,66)/t40-,41-,42+,43+,44+,45+/m1/s1. The van der Waals surface area contributed by atoms with Crippen molar-refractivity contribution in [2.75, 3.05) is 32.1 Å². The molecule has 15 nitrogen and oxygen atoms in total. The second kappa shape index (κ2) is 19.1. The number of nitrogens with one attached hydrogen (secondary N) is 3. The molecule has 3 aromatic carbocycles. The van der Waals surface area contributed by atoms with Gasteiger partial charge in [0.15, 0.2) is 0 Å². The van der Waals surface area contributed by atoms with Gasteiger partial charge in [0, 0.05) is 25.8 Å². The summed E-state index contributed by atoms with van der Waals surface area (Å²) in [6.07, 6.45) is 5.15. The zero-order valence-electron chi connectivity index (χ0n) is 40.4. The van der Waals surface area contributed by atoms with Crippen LogP contribution in [-0.4, -0.2) is 103 Å². The van der Waals surface area contributed by atoms with E-state index in [0.717, 1.165) is 77.2 Å². The molecule has 0 spiro atoms. The number of anilines is 1. The predicted molar refractivity (Wildman–Crippen MR) is 258 cm³/mol.